The zero-order chi connectivity index (χ0) is 19.8. The van der Waals surface area contributed by atoms with Crippen molar-refractivity contribution in [1.29, 1.82) is 0 Å². The van der Waals surface area contributed by atoms with Gasteiger partial charge in [0.1, 0.15) is 0 Å². The monoisotopic (exact) mass is 376 g/mol. The van der Waals surface area contributed by atoms with Crippen molar-refractivity contribution in [3.63, 3.8) is 0 Å². The van der Waals surface area contributed by atoms with Gasteiger partial charge in [-0.25, -0.2) is 0 Å². The molecule has 0 saturated heterocycles. The lowest BCUT2D eigenvalue weighted by Gasteiger charge is -2.15. The predicted octanol–water partition coefficient (Wildman–Crippen LogP) is 3.94. The zero-order valence-electron chi connectivity index (χ0n) is 15.1. The van der Waals surface area contributed by atoms with E-state index < -0.39 is 24.6 Å². The number of halogens is 3. The minimum Gasteiger partial charge on any atom is -0.423 e. The molecule has 1 aliphatic heterocycles. The summed E-state index contributed by atoms with van der Waals surface area (Å²) in [5.41, 5.74) is 0.707. The van der Waals surface area contributed by atoms with Crippen LogP contribution in [0.15, 0.2) is 42.5 Å². The number of carbonyl (C=O) groups excluding carboxylic acids is 1. The van der Waals surface area contributed by atoms with Crippen LogP contribution in [0.2, 0.25) is 0 Å². The van der Waals surface area contributed by atoms with Crippen LogP contribution in [0.4, 0.5) is 13.2 Å². The molecule has 0 fully saturated rings. The van der Waals surface area contributed by atoms with Crippen LogP contribution in [0.3, 0.4) is 0 Å². The molecule has 142 valence electrons. The largest absolute Gasteiger partial charge is 0.491 e. The van der Waals surface area contributed by atoms with Crippen molar-refractivity contribution in [3.05, 3.63) is 64.7 Å². The molecule has 0 aliphatic carbocycles. The molecule has 0 spiro atoms. The molecule has 1 heterocycles. The Bertz CT molecular complexity index is 849. The lowest BCUT2D eigenvalue weighted by Crippen LogP contribution is -2.28. The van der Waals surface area contributed by atoms with Gasteiger partial charge in [0.2, 0.25) is 0 Å². The van der Waals surface area contributed by atoms with E-state index in [1.165, 1.54) is 18.2 Å². The van der Waals surface area contributed by atoms with Gasteiger partial charge in [0, 0.05) is 12.0 Å². The third-order valence-electron chi connectivity index (χ3n) is 4.64. The summed E-state index contributed by atoms with van der Waals surface area (Å²) in [6.45, 7) is 4.11. The van der Waals surface area contributed by atoms with Crippen LogP contribution < -0.4 is 5.46 Å². The second-order valence-electron chi connectivity index (χ2n) is 7.21. The maximum absolute atomic E-state index is 13.1. The number of Topliss-reactive ketones (excluding diaryl/α,β-unsaturated/α-hetero) is 1. The summed E-state index contributed by atoms with van der Waals surface area (Å²) in [4.78, 5) is 12.5. The number of rotatable bonds is 5. The van der Waals surface area contributed by atoms with Crippen molar-refractivity contribution >= 4 is 18.4 Å². The molecule has 1 unspecified atom stereocenters. The number of hydrogen-bond acceptors (Lipinski definition) is 3. The van der Waals surface area contributed by atoms with E-state index in [0.29, 0.717) is 16.9 Å². The molecule has 1 atom stereocenters. The molecular weight excluding hydrogens is 356 g/mol. The van der Waals surface area contributed by atoms with Gasteiger partial charge in [-0.05, 0) is 35.0 Å². The van der Waals surface area contributed by atoms with Crippen LogP contribution in [-0.2, 0) is 17.3 Å². The summed E-state index contributed by atoms with van der Waals surface area (Å²) in [6, 6.07) is 9.92. The average Bonchev–Trinajstić information content (AvgIpc) is 2.89. The molecule has 1 aliphatic rings. The van der Waals surface area contributed by atoms with Crippen LogP contribution in [0.1, 0.15) is 53.4 Å². The van der Waals surface area contributed by atoms with Gasteiger partial charge in [-0.3, -0.25) is 4.79 Å². The highest BCUT2D eigenvalue weighted by atomic mass is 19.4. The maximum atomic E-state index is 13.1. The van der Waals surface area contributed by atoms with Gasteiger partial charge in [-0.2, -0.15) is 13.2 Å². The lowest BCUT2D eigenvalue weighted by atomic mass is 9.77. The summed E-state index contributed by atoms with van der Waals surface area (Å²) in [5, 5.41) is 10.1. The molecular formula is C20H20BF3O3. The highest BCUT2D eigenvalue weighted by Gasteiger charge is 2.36. The van der Waals surface area contributed by atoms with E-state index in [2.05, 4.69) is 13.8 Å². The van der Waals surface area contributed by atoms with Crippen LogP contribution in [0.25, 0.3) is 0 Å². The number of benzene rings is 2. The third kappa shape index (κ3) is 4.25. The SMILES string of the molecule is CC(C)CC1OB(O)c2cc(CC(=O)c3ccccc3C(F)(F)F)ccc21. The topological polar surface area (TPSA) is 46.5 Å². The molecule has 1 N–H and O–H groups in total. The van der Waals surface area contributed by atoms with Crippen molar-refractivity contribution in [2.45, 2.75) is 39.0 Å². The second kappa shape index (κ2) is 7.48. The van der Waals surface area contributed by atoms with Crippen molar-refractivity contribution in [1.82, 2.24) is 0 Å². The summed E-state index contributed by atoms with van der Waals surface area (Å²) < 4.78 is 44.9. The van der Waals surface area contributed by atoms with Gasteiger partial charge in [0.25, 0.3) is 0 Å². The fourth-order valence-corrected chi connectivity index (χ4v) is 3.41. The fourth-order valence-electron chi connectivity index (χ4n) is 3.41. The van der Waals surface area contributed by atoms with E-state index in [-0.39, 0.29) is 18.1 Å². The Labute approximate surface area is 156 Å². The molecule has 27 heavy (non-hydrogen) atoms. The molecule has 2 aromatic rings. The minimum atomic E-state index is -4.59. The van der Waals surface area contributed by atoms with E-state index in [4.69, 9.17) is 4.65 Å². The molecule has 0 amide bonds. The van der Waals surface area contributed by atoms with Gasteiger partial charge < -0.3 is 9.68 Å². The number of alkyl halides is 3. The van der Waals surface area contributed by atoms with E-state index in [0.717, 1.165) is 18.1 Å². The number of ketones is 1. The third-order valence-corrected chi connectivity index (χ3v) is 4.64. The van der Waals surface area contributed by atoms with E-state index >= 15 is 0 Å². The smallest absolute Gasteiger partial charge is 0.423 e. The van der Waals surface area contributed by atoms with Crippen molar-refractivity contribution in [2.75, 3.05) is 0 Å². The van der Waals surface area contributed by atoms with Crippen molar-refractivity contribution in [2.24, 2.45) is 5.92 Å². The fraction of sp³-hybridized carbons (Fsp3) is 0.350. The Kier molecular flexibility index (Phi) is 5.44. The number of hydrogen-bond donors (Lipinski definition) is 1. The molecule has 3 rings (SSSR count). The van der Waals surface area contributed by atoms with Crippen molar-refractivity contribution < 1.29 is 27.6 Å². The predicted molar refractivity (Wildman–Crippen MR) is 96.8 cm³/mol. The zero-order valence-corrected chi connectivity index (χ0v) is 15.1. The van der Waals surface area contributed by atoms with Gasteiger partial charge in [0.05, 0.1) is 11.7 Å². The van der Waals surface area contributed by atoms with E-state index in [9.17, 15) is 23.0 Å². The van der Waals surface area contributed by atoms with Crippen LogP contribution in [0, 0.1) is 5.92 Å². The Morgan fingerprint density at radius 1 is 1.22 bits per heavy atom. The molecule has 0 saturated carbocycles. The van der Waals surface area contributed by atoms with Crippen LogP contribution in [0.5, 0.6) is 0 Å². The van der Waals surface area contributed by atoms with E-state index in [1.807, 2.05) is 0 Å². The minimum absolute atomic E-state index is 0.179. The highest BCUT2D eigenvalue weighted by molar-refractivity contribution is 6.61. The standard InChI is InChI=1S/C20H20BF3O3/c1-12(2)9-19-15-8-7-13(10-17(15)21(26)27-19)11-18(25)14-5-3-4-6-16(14)20(22,23)24/h3-8,10,12,19,26H,9,11H2,1-2H3. The number of carbonyl (C=O) groups is 1. The molecule has 3 nitrogen and oxygen atoms in total. The van der Waals surface area contributed by atoms with Gasteiger partial charge in [-0.1, -0.05) is 50.2 Å². The Hall–Kier alpha value is -2.12. The first-order valence-electron chi connectivity index (χ1n) is 8.82. The average molecular weight is 376 g/mol. The van der Waals surface area contributed by atoms with Gasteiger partial charge in [-0.15, -0.1) is 0 Å². The summed E-state index contributed by atoms with van der Waals surface area (Å²) in [6.07, 6.45) is -4.23. The van der Waals surface area contributed by atoms with Crippen molar-refractivity contribution in [3.8, 4) is 0 Å². The van der Waals surface area contributed by atoms with Gasteiger partial charge in [0.15, 0.2) is 5.78 Å². The molecule has 0 radical (unpaired) electrons. The first-order valence-corrected chi connectivity index (χ1v) is 8.82. The normalized spacial score (nSPS) is 16.7. The Morgan fingerprint density at radius 2 is 1.93 bits per heavy atom. The number of fused-ring (bicyclic) bond motifs is 1. The van der Waals surface area contributed by atoms with Crippen LogP contribution in [-0.4, -0.2) is 17.9 Å². The lowest BCUT2D eigenvalue weighted by molar-refractivity contribution is -0.137. The molecule has 2 aromatic carbocycles. The van der Waals surface area contributed by atoms with Gasteiger partial charge >= 0.3 is 13.3 Å². The maximum Gasteiger partial charge on any atom is 0.491 e. The highest BCUT2D eigenvalue weighted by Crippen LogP contribution is 2.33. The molecule has 0 bridgehead atoms. The molecule has 7 heteroatoms. The first kappa shape index (κ1) is 19.6. The summed E-state index contributed by atoms with van der Waals surface area (Å²) >= 11 is 0. The summed E-state index contributed by atoms with van der Waals surface area (Å²) in [7, 11) is -1.08. The Morgan fingerprint density at radius 3 is 2.59 bits per heavy atom. The quantitative estimate of drug-likeness (QED) is 0.635. The Balaban J connectivity index is 1.84. The van der Waals surface area contributed by atoms with E-state index in [1.54, 1.807) is 18.2 Å². The van der Waals surface area contributed by atoms with Crippen LogP contribution >= 0.6 is 0 Å². The first-order chi connectivity index (χ1) is 12.7. The summed E-state index contributed by atoms with van der Waals surface area (Å²) in [5.74, 6) is -0.233. The second-order valence-corrected chi connectivity index (χ2v) is 7.21. The molecule has 0 aromatic heterocycles.